The molecule has 0 spiro atoms. The molecule has 1 aromatic rings. The van der Waals surface area contributed by atoms with Crippen LogP contribution in [0.1, 0.15) is 27.7 Å². The fourth-order valence-electron chi connectivity index (χ4n) is 1.67. The van der Waals surface area contributed by atoms with Gasteiger partial charge in [-0.2, -0.15) is 0 Å². The highest BCUT2D eigenvalue weighted by atomic mass is 35.5. The molecule has 1 fully saturated rings. The first-order chi connectivity index (χ1) is 7.73. The Balaban J connectivity index is 2.35. The molecule has 0 radical (unpaired) electrons. The Morgan fingerprint density at radius 1 is 1.00 bits per heavy atom. The maximum absolute atomic E-state index is 6.14. The third-order valence-corrected chi connectivity index (χ3v) is 4.04. The first kappa shape index (κ1) is 13.2. The quantitative estimate of drug-likeness (QED) is 0.731. The van der Waals surface area contributed by atoms with Gasteiger partial charge >= 0.3 is 7.12 Å². The van der Waals surface area contributed by atoms with E-state index in [2.05, 4.69) is 0 Å². The summed E-state index contributed by atoms with van der Waals surface area (Å²) in [6.07, 6.45) is 0. The van der Waals surface area contributed by atoms with E-state index in [0.717, 1.165) is 5.46 Å². The molecule has 0 saturated carbocycles. The lowest BCUT2D eigenvalue weighted by Gasteiger charge is -2.32. The summed E-state index contributed by atoms with van der Waals surface area (Å²) < 4.78 is 11.8. The summed E-state index contributed by atoms with van der Waals surface area (Å²) in [6.45, 7) is 8.02. The first-order valence-corrected chi connectivity index (χ1v) is 6.29. The van der Waals surface area contributed by atoms with Crippen LogP contribution < -0.4 is 5.46 Å². The Bertz CT molecular complexity index is 430. The van der Waals surface area contributed by atoms with Crippen molar-refractivity contribution < 1.29 is 9.31 Å². The predicted molar refractivity (Wildman–Crippen MR) is 72.2 cm³/mol. The third kappa shape index (κ3) is 2.34. The lowest BCUT2D eigenvalue weighted by molar-refractivity contribution is 0.00578. The molecule has 0 atom stereocenters. The molecule has 17 heavy (non-hydrogen) atoms. The van der Waals surface area contributed by atoms with Crippen LogP contribution in [0.2, 0.25) is 10.0 Å². The van der Waals surface area contributed by atoms with Crippen LogP contribution in [0.15, 0.2) is 18.2 Å². The van der Waals surface area contributed by atoms with Gasteiger partial charge in [0.1, 0.15) is 0 Å². The summed E-state index contributed by atoms with van der Waals surface area (Å²) in [7, 11) is -0.466. The van der Waals surface area contributed by atoms with Crippen molar-refractivity contribution in [1.29, 1.82) is 0 Å². The van der Waals surface area contributed by atoms with Crippen molar-refractivity contribution in [2.75, 3.05) is 0 Å². The van der Waals surface area contributed by atoms with Crippen LogP contribution in [0, 0.1) is 0 Å². The topological polar surface area (TPSA) is 18.5 Å². The van der Waals surface area contributed by atoms with Crippen LogP contribution in [-0.2, 0) is 9.31 Å². The second-order valence-electron chi connectivity index (χ2n) is 5.25. The highest BCUT2D eigenvalue weighted by molar-refractivity contribution is 6.66. The molecule has 92 valence electrons. The van der Waals surface area contributed by atoms with Crippen LogP contribution in [0.5, 0.6) is 0 Å². The van der Waals surface area contributed by atoms with E-state index in [4.69, 9.17) is 32.5 Å². The lowest BCUT2D eigenvalue weighted by atomic mass is 9.79. The molecule has 0 N–H and O–H groups in total. The van der Waals surface area contributed by atoms with Crippen molar-refractivity contribution >= 4 is 35.8 Å². The predicted octanol–water partition coefficient (Wildman–Crippen LogP) is 3.29. The minimum Gasteiger partial charge on any atom is -0.399 e. The fraction of sp³-hybridized carbons (Fsp3) is 0.500. The van der Waals surface area contributed by atoms with Crippen molar-refractivity contribution in [2.24, 2.45) is 0 Å². The maximum Gasteiger partial charge on any atom is 0.496 e. The molecule has 0 aliphatic carbocycles. The highest BCUT2D eigenvalue weighted by Gasteiger charge is 2.52. The Labute approximate surface area is 112 Å². The van der Waals surface area contributed by atoms with Gasteiger partial charge < -0.3 is 9.31 Å². The number of rotatable bonds is 1. The van der Waals surface area contributed by atoms with E-state index in [9.17, 15) is 0 Å². The van der Waals surface area contributed by atoms with E-state index < -0.39 is 7.12 Å². The van der Waals surface area contributed by atoms with Crippen LogP contribution in [-0.4, -0.2) is 18.3 Å². The lowest BCUT2D eigenvalue weighted by Crippen LogP contribution is -2.41. The van der Waals surface area contributed by atoms with E-state index in [0.29, 0.717) is 10.0 Å². The van der Waals surface area contributed by atoms with Gasteiger partial charge in [0.2, 0.25) is 0 Å². The van der Waals surface area contributed by atoms with Crippen molar-refractivity contribution in [1.82, 2.24) is 0 Å². The van der Waals surface area contributed by atoms with E-state index >= 15 is 0 Å². The molecule has 0 aromatic heterocycles. The molecule has 0 amide bonds. The largest absolute Gasteiger partial charge is 0.496 e. The fourth-order valence-corrected chi connectivity index (χ4v) is 2.05. The third-order valence-electron chi connectivity index (χ3n) is 3.47. The zero-order chi connectivity index (χ0) is 12.8. The second kappa shape index (κ2) is 4.16. The Hall–Kier alpha value is -0.215. The molecule has 5 heteroatoms. The van der Waals surface area contributed by atoms with Gasteiger partial charge in [-0.1, -0.05) is 23.2 Å². The van der Waals surface area contributed by atoms with Gasteiger partial charge in [0, 0.05) is 15.5 Å². The van der Waals surface area contributed by atoms with Gasteiger partial charge in [-0.15, -0.1) is 0 Å². The number of benzene rings is 1. The summed E-state index contributed by atoms with van der Waals surface area (Å²) in [5.41, 5.74) is 0.0323. The summed E-state index contributed by atoms with van der Waals surface area (Å²) >= 11 is 12.1. The van der Waals surface area contributed by atoms with E-state index in [1.165, 1.54) is 0 Å². The van der Waals surface area contributed by atoms with Gasteiger partial charge in [0.05, 0.1) is 11.2 Å². The molecule has 1 heterocycles. The SMILES string of the molecule is CC1(C)OB(c2cc(Cl)ccc2Cl)OC1(C)C. The molecule has 1 saturated heterocycles. The van der Waals surface area contributed by atoms with E-state index in [-0.39, 0.29) is 11.2 Å². The zero-order valence-corrected chi connectivity index (χ0v) is 11.9. The molecule has 0 unspecified atom stereocenters. The summed E-state index contributed by atoms with van der Waals surface area (Å²) in [5, 5.41) is 1.23. The molecule has 0 bridgehead atoms. The van der Waals surface area contributed by atoms with Crippen molar-refractivity contribution in [2.45, 2.75) is 38.9 Å². The number of hydrogen-bond acceptors (Lipinski definition) is 2. The number of hydrogen-bond donors (Lipinski definition) is 0. The van der Waals surface area contributed by atoms with E-state index in [1.807, 2.05) is 27.7 Å². The standard InChI is InChI=1S/C12H15BCl2O2/c1-11(2)12(3,4)17-13(16-11)9-7-8(14)5-6-10(9)15/h5-7H,1-4H3. The average molecular weight is 273 g/mol. The molecule has 1 aliphatic heterocycles. The highest BCUT2D eigenvalue weighted by Crippen LogP contribution is 2.37. The van der Waals surface area contributed by atoms with E-state index in [1.54, 1.807) is 18.2 Å². The van der Waals surface area contributed by atoms with Crippen molar-refractivity contribution in [3.63, 3.8) is 0 Å². The molecular formula is C12H15BCl2O2. The second-order valence-corrected chi connectivity index (χ2v) is 6.10. The summed E-state index contributed by atoms with van der Waals surface area (Å²) in [6, 6.07) is 5.29. The average Bonchev–Trinajstić information content (AvgIpc) is 2.40. The number of halogens is 2. The van der Waals surface area contributed by atoms with Crippen molar-refractivity contribution in [3.8, 4) is 0 Å². The van der Waals surface area contributed by atoms with Crippen LogP contribution >= 0.6 is 23.2 Å². The van der Waals surface area contributed by atoms with Gasteiger partial charge in [-0.25, -0.2) is 0 Å². The van der Waals surface area contributed by atoms with Gasteiger partial charge in [-0.05, 0) is 45.9 Å². The molecule has 1 aliphatic rings. The van der Waals surface area contributed by atoms with Crippen LogP contribution in [0.3, 0.4) is 0 Å². The first-order valence-electron chi connectivity index (χ1n) is 5.53. The summed E-state index contributed by atoms with van der Waals surface area (Å²) in [5.74, 6) is 0. The van der Waals surface area contributed by atoms with Crippen LogP contribution in [0.25, 0.3) is 0 Å². The molecule has 2 rings (SSSR count). The smallest absolute Gasteiger partial charge is 0.399 e. The Morgan fingerprint density at radius 3 is 2.06 bits per heavy atom. The molecule has 2 nitrogen and oxygen atoms in total. The normalized spacial score (nSPS) is 21.9. The molecule has 1 aromatic carbocycles. The minimum atomic E-state index is -0.466. The zero-order valence-electron chi connectivity index (χ0n) is 10.4. The Morgan fingerprint density at radius 2 is 1.53 bits per heavy atom. The minimum absolute atomic E-state index is 0.372. The van der Waals surface area contributed by atoms with Gasteiger partial charge in [0.15, 0.2) is 0 Å². The molecular weight excluding hydrogens is 258 g/mol. The maximum atomic E-state index is 6.14. The van der Waals surface area contributed by atoms with Crippen LogP contribution in [0.4, 0.5) is 0 Å². The van der Waals surface area contributed by atoms with Gasteiger partial charge in [0.25, 0.3) is 0 Å². The summed E-state index contributed by atoms with van der Waals surface area (Å²) in [4.78, 5) is 0. The van der Waals surface area contributed by atoms with Gasteiger partial charge in [-0.3, -0.25) is 0 Å². The monoisotopic (exact) mass is 272 g/mol. The van der Waals surface area contributed by atoms with Crippen molar-refractivity contribution in [3.05, 3.63) is 28.2 Å². The Kier molecular flexibility index (Phi) is 3.24.